The molecule has 0 aliphatic heterocycles. The Balaban J connectivity index is 1.62. The van der Waals surface area contributed by atoms with E-state index < -0.39 is 5.60 Å². The first-order chi connectivity index (χ1) is 9.65. The molecule has 20 heavy (non-hydrogen) atoms. The molecule has 0 bridgehead atoms. The fourth-order valence-electron chi connectivity index (χ4n) is 2.64. The second kappa shape index (κ2) is 5.38. The molecular weight excluding hydrogens is 274 g/mol. The second-order valence-electron chi connectivity index (χ2n) is 5.30. The Morgan fingerprint density at radius 2 is 2.30 bits per heavy atom. The van der Waals surface area contributed by atoms with Crippen molar-refractivity contribution < 1.29 is 9.90 Å². The molecule has 2 aromatic rings. The lowest BCUT2D eigenvalue weighted by molar-refractivity contribution is -0.120. The maximum Gasteiger partial charge on any atom is 0.228 e. The lowest BCUT2D eigenvalue weighted by Crippen LogP contribution is -2.30. The van der Waals surface area contributed by atoms with Crippen LogP contribution in [0.5, 0.6) is 0 Å². The van der Waals surface area contributed by atoms with Gasteiger partial charge in [0.25, 0.3) is 0 Å². The van der Waals surface area contributed by atoms with Crippen molar-refractivity contribution in [2.75, 3.05) is 5.32 Å². The molecule has 1 aliphatic rings. The molecule has 106 valence electrons. The largest absolute Gasteiger partial charge is 0.389 e. The van der Waals surface area contributed by atoms with Gasteiger partial charge in [-0.1, -0.05) is 18.9 Å². The zero-order valence-corrected chi connectivity index (χ0v) is 11.9. The van der Waals surface area contributed by atoms with Gasteiger partial charge in [0.15, 0.2) is 5.82 Å². The summed E-state index contributed by atoms with van der Waals surface area (Å²) in [5, 5.41) is 21.9. The van der Waals surface area contributed by atoms with E-state index in [0.29, 0.717) is 18.7 Å². The van der Waals surface area contributed by atoms with E-state index in [1.165, 1.54) is 0 Å². The normalized spacial score (nSPS) is 17.2. The van der Waals surface area contributed by atoms with Gasteiger partial charge in [0.2, 0.25) is 5.91 Å². The quantitative estimate of drug-likeness (QED) is 0.810. The zero-order chi connectivity index (χ0) is 14.0. The van der Waals surface area contributed by atoms with Crippen molar-refractivity contribution >= 4 is 23.1 Å². The third kappa shape index (κ3) is 2.91. The second-order valence-corrected chi connectivity index (χ2v) is 6.25. The van der Waals surface area contributed by atoms with Crippen LogP contribution in [-0.4, -0.2) is 26.8 Å². The van der Waals surface area contributed by atoms with Crippen molar-refractivity contribution in [1.29, 1.82) is 0 Å². The van der Waals surface area contributed by atoms with Crippen LogP contribution in [0.1, 0.15) is 32.1 Å². The van der Waals surface area contributed by atoms with E-state index in [9.17, 15) is 9.90 Å². The Hall–Kier alpha value is -1.66. The number of carbonyl (C=O) groups excluding carboxylic acids is 1. The maximum absolute atomic E-state index is 11.9. The highest BCUT2D eigenvalue weighted by Gasteiger charge is 2.33. The molecule has 0 atom stereocenters. The van der Waals surface area contributed by atoms with Gasteiger partial charge in [-0.15, -0.1) is 11.3 Å². The topological polar surface area (TPSA) is 78.0 Å². The average molecular weight is 291 g/mol. The number of H-pyrrole nitrogens is 1. The summed E-state index contributed by atoms with van der Waals surface area (Å²) in [4.78, 5) is 13.0. The summed E-state index contributed by atoms with van der Waals surface area (Å²) in [6.07, 6.45) is 3.56. The van der Waals surface area contributed by atoms with Gasteiger partial charge >= 0.3 is 0 Å². The smallest absolute Gasteiger partial charge is 0.228 e. The first-order valence-corrected chi connectivity index (χ1v) is 7.64. The first-order valence-electron chi connectivity index (χ1n) is 6.76. The minimum Gasteiger partial charge on any atom is -0.389 e. The molecule has 2 aromatic heterocycles. The monoisotopic (exact) mass is 291 g/mol. The van der Waals surface area contributed by atoms with Gasteiger partial charge in [0, 0.05) is 6.07 Å². The van der Waals surface area contributed by atoms with Crippen LogP contribution < -0.4 is 5.32 Å². The van der Waals surface area contributed by atoms with E-state index >= 15 is 0 Å². The van der Waals surface area contributed by atoms with Gasteiger partial charge in [0.1, 0.15) is 0 Å². The van der Waals surface area contributed by atoms with Crippen LogP contribution in [0.25, 0.3) is 10.6 Å². The molecule has 6 heteroatoms. The first kappa shape index (κ1) is 13.3. The van der Waals surface area contributed by atoms with Crippen LogP contribution in [0.15, 0.2) is 23.6 Å². The number of amides is 1. The third-order valence-electron chi connectivity index (χ3n) is 3.66. The highest BCUT2D eigenvalue weighted by Crippen LogP contribution is 2.32. The maximum atomic E-state index is 11.9. The van der Waals surface area contributed by atoms with E-state index in [0.717, 1.165) is 23.4 Å². The number of thiophene rings is 1. The Morgan fingerprint density at radius 3 is 3.00 bits per heavy atom. The van der Waals surface area contributed by atoms with Gasteiger partial charge in [0.05, 0.1) is 22.6 Å². The Bertz CT molecular complexity index is 585. The average Bonchev–Trinajstić information content (AvgIpc) is 3.08. The summed E-state index contributed by atoms with van der Waals surface area (Å²) < 4.78 is 0. The van der Waals surface area contributed by atoms with Gasteiger partial charge in [-0.05, 0) is 24.3 Å². The summed E-state index contributed by atoms with van der Waals surface area (Å²) in [5.41, 5.74) is 0.0617. The molecule has 0 unspecified atom stereocenters. The van der Waals surface area contributed by atoms with Crippen LogP contribution in [0, 0.1) is 0 Å². The number of rotatable bonds is 4. The highest BCUT2D eigenvalue weighted by molar-refractivity contribution is 7.13. The number of hydrogen-bond donors (Lipinski definition) is 3. The molecule has 1 saturated carbocycles. The van der Waals surface area contributed by atoms with Gasteiger partial charge < -0.3 is 10.4 Å². The number of aromatic nitrogens is 2. The molecule has 3 N–H and O–H groups in total. The minimum absolute atomic E-state index is 0.147. The van der Waals surface area contributed by atoms with Crippen molar-refractivity contribution in [2.45, 2.75) is 37.7 Å². The van der Waals surface area contributed by atoms with E-state index in [-0.39, 0.29) is 12.3 Å². The molecule has 3 rings (SSSR count). The molecular formula is C14H17N3O2S. The van der Waals surface area contributed by atoms with Crippen molar-refractivity contribution in [3.8, 4) is 10.6 Å². The van der Waals surface area contributed by atoms with E-state index in [2.05, 4.69) is 15.5 Å². The van der Waals surface area contributed by atoms with Crippen molar-refractivity contribution in [3.63, 3.8) is 0 Å². The predicted molar refractivity (Wildman–Crippen MR) is 78.6 cm³/mol. The van der Waals surface area contributed by atoms with Crippen molar-refractivity contribution in [1.82, 2.24) is 10.2 Å². The predicted octanol–water partition coefficient (Wildman–Crippen LogP) is 2.77. The number of anilines is 1. The fourth-order valence-corrected chi connectivity index (χ4v) is 3.33. The van der Waals surface area contributed by atoms with E-state index in [1.54, 1.807) is 11.3 Å². The molecule has 0 aromatic carbocycles. The number of nitrogens with one attached hydrogen (secondary N) is 2. The minimum atomic E-state index is -0.822. The molecule has 1 aliphatic carbocycles. The van der Waals surface area contributed by atoms with Crippen LogP contribution in [0.2, 0.25) is 0 Å². The third-order valence-corrected chi connectivity index (χ3v) is 4.56. The van der Waals surface area contributed by atoms with Crippen LogP contribution in [0.3, 0.4) is 0 Å². The summed E-state index contributed by atoms with van der Waals surface area (Å²) >= 11 is 1.61. The molecule has 1 fully saturated rings. The van der Waals surface area contributed by atoms with E-state index in [1.807, 2.05) is 23.6 Å². The summed E-state index contributed by atoms with van der Waals surface area (Å²) in [6, 6.07) is 5.77. The van der Waals surface area contributed by atoms with Gasteiger partial charge in [-0.25, -0.2) is 0 Å². The standard InChI is InChI=1S/C14H17N3O2S/c18-13(9-14(19)5-1-2-6-14)15-12-8-10(16-17-12)11-4-3-7-20-11/h3-4,7-8,19H,1-2,5-6,9H2,(H2,15,16,17,18). The summed E-state index contributed by atoms with van der Waals surface area (Å²) in [5.74, 6) is 0.318. The molecule has 5 nitrogen and oxygen atoms in total. The Labute approximate surface area is 121 Å². The molecule has 0 saturated heterocycles. The molecule has 2 heterocycles. The molecule has 0 radical (unpaired) electrons. The van der Waals surface area contributed by atoms with Crippen LogP contribution in [-0.2, 0) is 4.79 Å². The SMILES string of the molecule is O=C(CC1(O)CCCC1)Nc1cc(-c2cccs2)[nH]n1. The van der Waals surface area contributed by atoms with Gasteiger partial charge in [-0.2, -0.15) is 5.10 Å². The van der Waals surface area contributed by atoms with E-state index in [4.69, 9.17) is 0 Å². The Kier molecular flexibility index (Phi) is 3.58. The number of carbonyl (C=O) groups is 1. The highest BCUT2D eigenvalue weighted by atomic mass is 32.1. The summed E-state index contributed by atoms with van der Waals surface area (Å²) in [7, 11) is 0. The summed E-state index contributed by atoms with van der Waals surface area (Å²) in [6.45, 7) is 0. The van der Waals surface area contributed by atoms with Gasteiger partial charge in [-0.3, -0.25) is 9.89 Å². The van der Waals surface area contributed by atoms with Crippen LogP contribution >= 0.6 is 11.3 Å². The van der Waals surface area contributed by atoms with Crippen molar-refractivity contribution in [3.05, 3.63) is 23.6 Å². The number of hydrogen-bond acceptors (Lipinski definition) is 4. The van der Waals surface area contributed by atoms with Crippen LogP contribution in [0.4, 0.5) is 5.82 Å². The fraction of sp³-hybridized carbons (Fsp3) is 0.429. The Morgan fingerprint density at radius 1 is 1.50 bits per heavy atom. The number of nitrogens with zero attached hydrogens (tertiary/aromatic N) is 1. The zero-order valence-electron chi connectivity index (χ0n) is 11.1. The number of aromatic amines is 1. The lowest BCUT2D eigenvalue weighted by atomic mass is 9.98. The van der Waals surface area contributed by atoms with Crippen molar-refractivity contribution in [2.24, 2.45) is 0 Å². The molecule has 1 amide bonds. The lowest BCUT2D eigenvalue weighted by Gasteiger charge is -2.20. The number of aliphatic hydroxyl groups is 1. The molecule has 0 spiro atoms.